The molecule has 0 spiro atoms. The standard InChI is InChI=1S/C17H12N4O2/c22-17(20-13-5-3-9-18-11-13)15-7-8-16(23-15)21-14-6-2-1-4-12(14)10-19-21/h1-11H,(H,20,22). The van der Waals surface area contributed by atoms with Crippen molar-refractivity contribution in [2.75, 3.05) is 5.32 Å². The van der Waals surface area contributed by atoms with E-state index in [1.165, 1.54) is 0 Å². The summed E-state index contributed by atoms with van der Waals surface area (Å²) >= 11 is 0. The number of hydrogen-bond donors (Lipinski definition) is 1. The number of hydrogen-bond acceptors (Lipinski definition) is 4. The van der Waals surface area contributed by atoms with E-state index < -0.39 is 0 Å². The van der Waals surface area contributed by atoms with Crippen LogP contribution in [-0.4, -0.2) is 20.7 Å². The number of amides is 1. The summed E-state index contributed by atoms with van der Waals surface area (Å²) in [4.78, 5) is 16.2. The highest BCUT2D eigenvalue weighted by Gasteiger charge is 2.14. The van der Waals surface area contributed by atoms with Gasteiger partial charge in [0.05, 0.1) is 23.6 Å². The highest BCUT2D eigenvalue weighted by molar-refractivity contribution is 6.02. The molecule has 1 amide bonds. The molecule has 0 unspecified atom stereocenters. The minimum Gasteiger partial charge on any atom is -0.433 e. The van der Waals surface area contributed by atoms with Crippen LogP contribution in [0.5, 0.6) is 0 Å². The first-order chi connectivity index (χ1) is 11.3. The van der Waals surface area contributed by atoms with Gasteiger partial charge in [-0.1, -0.05) is 18.2 Å². The van der Waals surface area contributed by atoms with Gasteiger partial charge in [-0.15, -0.1) is 0 Å². The minimum absolute atomic E-state index is 0.212. The summed E-state index contributed by atoms with van der Waals surface area (Å²) in [6.07, 6.45) is 4.97. The fourth-order valence-electron chi connectivity index (χ4n) is 2.34. The zero-order valence-electron chi connectivity index (χ0n) is 12.0. The molecule has 0 saturated heterocycles. The molecule has 3 heterocycles. The molecule has 1 N–H and O–H groups in total. The first kappa shape index (κ1) is 13.3. The van der Waals surface area contributed by atoms with Gasteiger partial charge in [-0.05, 0) is 24.3 Å². The number of nitrogens with one attached hydrogen (secondary N) is 1. The predicted octanol–water partition coefficient (Wildman–Crippen LogP) is 3.27. The maximum absolute atomic E-state index is 12.2. The molecule has 0 bridgehead atoms. The first-order valence-corrected chi connectivity index (χ1v) is 7.05. The Morgan fingerprint density at radius 2 is 1.96 bits per heavy atom. The summed E-state index contributed by atoms with van der Waals surface area (Å²) in [7, 11) is 0. The smallest absolute Gasteiger partial charge is 0.291 e. The van der Waals surface area contributed by atoms with Crippen LogP contribution in [0, 0.1) is 0 Å². The Labute approximate surface area is 131 Å². The SMILES string of the molecule is O=C(Nc1cccnc1)c1ccc(-n2ncc3ccccc32)o1. The van der Waals surface area contributed by atoms with E-state index >= 15 is 0 Å². The number of para-hydroxylation sites is 1. The third kappa shape index (κ3) is 2.46. The van der Waals surface area contributed by atoms with Crippen molar-refractivity contribution >= 4 is 22.5 Å². The maximum atomic E-state index is 12.2. The summed E-state index contributed by atoms with van der Waals surface area (Å²) in [6.45, 7) is 0. The van der Waals surface area contributed by atoms with Gasteiger partial charge in [0.1, 0.15) is 0 Å². The lowest BCUT2D eigenvalue weighted by atomic mass is 10.3. The van der Waals surface area contributed by atoms with Crippen LogP contribution in [0.25, 0.3) is 16.8 Å². The maximum Gasteiger partial charge on any atom is 0.291 e. The zero-order valence-corrected chi connectivity index (χ0v) is 12.0. The Bertz CT molecular complexity index is 972. The van der Waals surface area contributed by atoms with E-state index in [-0.39, 0.29) is 11.7 Å². The molecule has 1 aromatic carbocycles. The zero-order chi connectivity index (χ0) is 15.6. The molecule has 4 aromatic rings. The summed E-state index contributed by atoms with van der Waals surface area (Å²) in [5.74, 6) is 0.367. The van der Waals surface area contributed by atoms with Crippen molar-refractivity contribution in [3.05, 3.63) is 72.9 Å². The van der Waals surface area contributed by atoms with Gasteiger partial charge in [-0.25, -0.2) is 4.68 Å². The second-order valence-electron chi connectivity index (χ2n) is 4.95. The van der Waals surface area contributed by atoms with Crippen LogP contribution in [0.2, 0.25) is 0 Å². The molecule has 112 valence electrons. The van der Waals surface area contributed by atoms with E-state index in [9.17, 15) is 4.79 Å². The van der Waals surface area contributed by atoms with E-state index in [0.29, 0.717) is 11.6 Å². The van der Waals surface area contributed by atoms with E-state index in [1.54, 1.807) is 47.5 Å². The molecular weight excluding hydrogens is 292 g/mol. The molecule has 0 radical (unpaired) electrons. The van der Waals surface area contributed by atoms with Gasteiger partial charge in [0.15, 0.2) is 5.76 Å². The predicted molar refractivity (Wildman–Crippen MR) is 85.5 cm³/mol. The normalized spacial score (nSPS) is 10.8. The van der Waals surface area contributed by atoms with Crippen LogP contribution in [0.4, 0.5) is 5.69 Å². The number of benzene rings is 1. The van der Waals surface area contributed by atoms with Gasteiger partial charge in [-0.2, -0.15) is 5.10 Å². The number of pyridine rings is 1. The van der Waals surface area contributed by atoms with Crippen LogP contribution in [0.3, 0.4) is 0 Å². The molecule has 6 heteroatoms. The molecular formula is C17H12N4O2. The molecule has 0 aliphatic carbocycles. The fraction of sp³-hybridized carbons (Fsp3) is 0. The quantitative estimate of drug-likeness (QED) is 0.630. The Morgan fingerprint density at radius 1 is 1.04 bits per heavy atom. The van der Waals surface area contributed by atoms with Crippen molar-refractivity contribution in [1.82, 2.24) is 14.8 Å². The van der Waals surface area contributed by atoms with E-state index in [0.717, 1.165) is 10.9 Å². The number of anilines is 1. The molecule has 0 aliphatic heterocycles. The van der Waals surface area contributed by atoms with Gasteiger partial charge in [-0.3, -0.25) is 9.78 Å². The Morgan fingerprint density at radius 3 is 2.83 bits per heavy atom. The van der Waals surface area contributed by atoms with Crippen molar-refractivity contribution in [1.29, 1.82) is 0 Å². The number of carbonyl (C=O) groups is 1. The molecule has 4 rings (SSSR count). The number of fused-ring (bicyclic) bond motifs is 1. The van der Waals surface area contributed by atoms with Crippen LogP contribution in [0.1, 0.15) is 10.6 Å². The van der Waals surface area contributed by atoms with Crippen LogP contribution in [0.15, 0.2) is 71.5 Å². The van der Waals surface area contributed by atoms with Gasteiger partial charge >= 0.3 is 0 Å². The van der Waals surface area contributed by atoms with Crippen LogP contribution >= 0.6 is 0 Å². The molecule has 23 heavy (non-hydrogen) atoms. The second-order valence-corrected chi connectivity index (χ2v) is 4.95. The molecule has 3 aromatic heterocycles. The lowest BCUT2D eigenvalue weighted by Gasteiger charge is -2.02. The van der Waals surface area contributed by atoms with Crippen molar-refractivity contribution in [2.24, 2.45) is 0 Å². The fourth-order valence-corrected chi connectivity index (χ4v) is 2.34. The summed E-state index contributed by atoms with van der Waals surface area (Å²) in [5.41, 5.74) is 1.53. The molecule has 0 saturated carbocycles. The van der Waals surface area contributed by atoms with E-state index in [2.05, 4.69) is 15.4 Å². The number of aromatic nitrogens is 3. The van der Waals surface area contributed by atoms with Crippen LogP contribution in [-0.2, 0) is 0 Å². The number of carbonyl (C=O) groups excluding carboxylic acids is 1. The summed E-state index contributed by atoms with van der Waals surface area (Å²) in [6, 6.07) is 14.6. The van der Waals surface area contributed by atoms with E-state index in [1.807, 2.05) is 24.3 Å². The third-order valence-corrected chi connectivity index (χ3v) is 3.42. The first-order valence-electron chi connectivity index (χ1n) is 7.05. The minimum atomic E-state index is -0.333. The lowest BCUT2D eigenvalue weighted by molar-refractivity contribution is 0.0996. The molecule has 0 aliphatic rings. The van der Waals surface area contributed by atoms with Gasteiger partial charge in [0.25, 0.3) is 5.91 Å². The van der Waals surface area contributed by atoms with Gasteiger partial charge in [0.2, 0.25) is 5.88 Å². The largest absolute Gasteiger partial charge is 0.433 e. The number of furan rings is 1. The molecule has 0 atom stereocenters. The van der Waals surface area contributed by atoms with Crippen molar-refractivity contribution in [3.8, 4) is 5.88 Å². The number of nitrogens with zero attached hydrogens (tertiary/aromatic N) is 3. The second kappa shape index (κ2) is 5.42. The third-order valence-electron chi connectivity index (χ3n) is 3.42. The lowest BCUT2D eigenvalue weighted by Crippen LogP contribution is -2.10. The Hall–Kier alpha value is -3.41. The average Bonchev–Trinajstić information content (AvgIpc) is 3.22. The average molecular weight is 304 g/mol. The Kier molecular flexibility index (Phi) is 3.12. The van der Waals surface area contributed by atoms with Crippen molar-refractivity contribution < 1.29 is 9.21 Å². The Balaban J connectivity index is 1.63. The van der Waals surface area contributed by atoms with Gasteiger partial charge in [0, 0.05) is 17.6 Å². The summed E-state index contributed by atoms with van der Waals surface area (Å²) in [5, 5.41) is 8.04. The van der Waals surface area contributed by atoms with E-state index in [4.69, 9.17) is 4.42 Å². The van der Waals surface area contributed by atoms with Crippen molar-refractivity contribution in [2.45, 2.75) is 0 Å². The molecule has 6 nitrogen and oxygen atoms in total. The highest BCUT2D eigenvalue weighted by atomic mass is 16.4. The van der Waals surface area contributed by atoms with Crippen LogP contribution < -0.4 is 5.32 Å². The molecule has 0 fully saturated rings. The number of rotatable bonds is 3. The monoisotopic (exact) mass is 304 g/mol. The topological polar surface area (TPSA) is 73.0 Å². The van der Waals surface area contributed by atoms with Crippen molar-refractivity contribution in [3.63, 3.8) is 0 Å². The summed E-state index contributed by atoms with van der Waals surface area (Å²) < 4.78 is 7.30. The highest BCUT2D eigenvalue weighted by Crippen LogP contribution is 2.20. The van der Waals surface area contributed by atoms with Gasteiger partial charge < -0.3 is 9.73 Å².